The SMILES string of the molecule is CC(C)(C)c1ccc(N2B3c4oc5ccc(-c6ccccc6)cc5c4N(c4ccc(C(C)(C)C)cc4)c4c3c(cc3c4oc4ccccc43)-c3cc4c(cc32)sc2cc3c(cc24)C(C)(C)CCC3(C)C)cc1. The number of hydrogen-bond donors (Lipinski definition) is 0. The molecule has 0 amide bonds. The van der Waals surface area contributed by atoms with Crippen molar-refractivity contribution in [2.75, 3.05) is 9.71 Å². The average Bonchev–Trinajstić information content (AvgIpc) is 4.05. The Morgan fingerprint density at radius 3 is 1.79 bits per heavy atom. The van der Waals surface area contributed by atoms with Crippen LogP contribution in [0.15, 0.2) is 160 Å². The lowest BCUT2D eigenvalue weighted by molar-refractivity contribution is 0.332. The summed E-state index contributed by atoms with van der Waals surface area (Å²) < 4.78 is 17.4. The molecule has 0 saturated heterocycles. The molecule has 14 rings (SSSR count). The molecular weight excluding hydrogens is 896 g/mol. The van der Waals surface area contributed by atoms with Crippen molar-refractivity contribution < 1.29 is 8.83 Å². The van der Waals surface area contributed by atoms with Crippen molar-refractivity contribution in [3.05, 3.63) is 174 Å². The van der Waals surface area contributed by atoms with Gasteiger partial charge in [-0.3, -0.25) is 0 Å². The predicted octanol–water partition coefficient (Wildman–Crippen LogP) is 18.0. The molecule has 0 saturated carbocycles. The molecule has 8 aromatic carbocycles. The molecule has 6 heteroatoms. The first-order valence-corrected chi connectivity index (χ1v) is 26.7. The van der Waals surface area contributed by atoms with Crippen molar-refractivity contribution in [3.63, 3.8) is 0 Å². The van der Waals surface area contributed by atoms with Gasteiger partial charge < -0.3 is 18.5 Å². The third-order valence-electron chi connectivity index (χ3n) is 16.8. The van der Waals surface area contributed by atoms with Crippen LogP contribution in [0.1, 0.15) is 104 Å². The van der Waals surface area contributed by atoms with Crippen LogP contribution in [0.5, 0.6) is 0 Å². The summed E-state index contributed by atoms with van der Waals surface area (Å²) in [5.74, 6) is 0. The third-order valence-corrected chi connectivity index (χ3v) is 17.9. The molecule has 4 nitrogen and oxygen atoms in total. The molecule has 2 aliphatic heterocycles. The van der Waals surface area contributed by atoms with Gasteiger partial charge in [0.15, 0.2) is 5.58 Å². The second-order valence-corrected chi connectivity index (χ2v) is 25.5. The maximum atomic E-state index is 7.50. The summed E-state index contributed by atoms with van der Waals surface area (Å²) in [4.78, 5) is 5.09. The third kappa shape index (κ3) is 6.30. The summed E-state index contributed by atoms with van der Waals surface area (Å²) >= 11 is 1.94. The van der Waals surface area contributed by atoms with Gasteiger partial charge in [-0.1, -0.05) is 148 Å². The van der Waals surface area contributed by atoms with E-state index in [1.54, 1.807) is 0 Å². The average molecular weight is 955 g/mol. The van der Waals surface area contributed by atoms with E-state index in [-0.39, 0.29) is 28.5 Å². The molecule has 11 aromatic rings. The number of benzene rings is 8. The summed E-state index contributed by atoms with van der Waals surface area (Å²) in [6, 6.07) is 57.2. The molecule has 72 heavy (non-hydrogen) atoms. The molecule has 0 N–H and O–H groups in total. The first-order chi connectivity index (χ1) is 34.4. The summed E-state index contributed by atoms with van der Waals surface area (Å²) in [5.41, 5.74) is 20.7. The van der Waals surface area contributed by atoms with E-state index in [1.807, 2.05) is 11.3 Å². The second-order valence-electron chi connectivity index (χ2n) is 24.4. The van der Waals surface area contributed by atoms with Gasteiger partial charge in [-0.15, -0.1) is 11.3 Å². The maximum Gasteiger partial charge on any atom is 0.376 e. The Kier molecular flexibility index (Phi) is 8.99. The highest BCUT2D eigenvalue weighted by molar-refractivity contribution is 7.25. The Labute approximate surface area is 427 Å². The minimum Gasteiger partial charge on any atom is -0.466 e. The van der Waals surface area contributed by atoms with Crippen LogP contribution in [-0.2, 0) is 21.7 Å². The fourth-order valence-electron chi connectivity index (χ4n) is 12.6. The molecule has 0 unspecified atom stereocenters. The number of thiophene rings is 1. The van der Waals surface area contributed by atoms with E-state index in [1.165, 1.54) is 83.1 Å². The van der Waals surface area contributed by atoms with E-state index in [4.69, 9.17) is 8.83 Å². The Morgan fingerprint density at radius 2 is 1.10 bits per heavy atom. The molecular formula is C66H59BN2O2S. The zero-order valence-corrected chi connectivity index (χ0v) is 43.9. The fraction of sp³-hybridized carbons (Fsp3) is 0.242. The van der Waals surface area contributed by atoms with Crippen LogP contribution in [0.25, 0.3) is 75.3 Å². The monoisotopic (exact) mass is 954 g/mol. The maximum absolute atomic E-state index is 7.50. The topological polar surface area (TPSA) is 32.8 Å². The quantitative estimate of drug-likeness (QED) is 0.165. The summed E-state index contributed by atoms with van der Waals surface area (Å²) in [6.45, 7) is 23.2. The van der Waals surface area contributed by atoms with Crippen LogP contribution < -0.4 is 20.8 Å². The Morgan fingerprint density at radius 1 is 0.500 bits per heavy atom. The van der Waals surface area contributed by atoms with Gasteiger partial charge in [0.25, 0.3) is 0 Å². The van der Waals surface area contributed by atoms with Crippen molar-refractivity contribution in [2.45, 2.75) is 104 Å². The molecule has 5 heterocycles. The molecule has 3 aliphatic rings. The van der Waals surface area contributed by atoms with Crippen LogP contribution in [-0.4, -0.2) is 6.85 Å². The molecule has 0 bridgehead atoms. The molecule has 3 aromatic heterocycles. The number of anilines is 5. The first kappa shape index (κ1) is 43.7. The zero-order chi connectivity index (χ0) is 49.4. The van der Waals surface area contributed by atoms with E-state index in [2.05, 4.69) is 231 Å². The van der Waals surface area contributed by atoms with Gasteiger partial charge in [0.05, 0.1) is 11.4 Å². The Balaban J connectivity index is 1.14. The van der Waals surface area contributed by atoms with Gasteiger partial charge >= 0.3 is 6.85 Å². The smallest absolute Gasteiger partial charge is 0.376 e. The molecule has 354 valence electrons. The van der Waals surface area contributed by atoms with Crippen molar-refractivity contribution >= 4 is 111 Å². The lowest BCUT2D eigenvalue weighted by Crippen LogP contribution is -2.61. The number of rotatable bonds is 3. The minimum atomic E-state index is -0.339. The van der Waals surface area contributed by atoms with Gasteiger partial charge in [-0.25, -0.2) is 0 Å². The van der Waals surface area contributed by atoms with E-state index in [9.17, 15) is 0 Å². The number of nitrogens with zero attached hydrogens (tertiary/aromatic N) is 2. The van der Waals surface area contributed by atoms with Crippen LogP contribution in [0.3, 0.4) is 0 Å². The summed E-state index contributed by atoms with van der Waals surface area (Å²) in [7, 11) is 0. The molecule has 0 fully saturated rings. The van der Waals surface area contributed by atoms with E-state index >= 15 is 0 Å². The van der Waals surface area contributed by atoms with E-state index in [0.29, 0.717) is 0 Å². The van der Waals surface area contributed by atoms with Crippen molar-refractivity contribution in [1.82, 2.24) is 0 Å². The summed E-state index contributed by atoms with van der Waals surface area (Å²) in [5, 5.41) is 5.95. The molecule has 0 atom stereocenters. The first-order valence-electron chi connectivity index (χ1n) is 25.9. The van der Waals surface area contributed by atoms with Crippen LogP contribution >= 0.6 is 11.3 Å². The molecule has 1 aliphatic carbocycles. The van der Waals surface area contributed by atoms with Gasteiger partial charge in [0.2, 0.25) is 0 Å². The number of fused-ring (bicyclic) bond motifs is 14. The predicted molar refractivity (Wildman–Crippen MR) is 308 cm³/mol. The highest BCUT2D eigenvalue weighted by Crippen LogP contribution is 2.55. The van der Waals surface area contributed by atoms with Crippen LogP contribution in [0.2, 0.25) is 0 Å². The summed E-state index contributed by atoms with van der Waals surface area (Å²) in [6.07, 6.45) is 2.37. The minimum absolute atomic E-state index is 0.00716. The van der Waals surface area contributed by atoms with Crippen molar-refractivity contribution in [1.29, 1.82) is 0 Å². The fourth-order valence-corrected chi connectivity index (χ4v) is 13.7. The van der Waals surface area contributed by atoms with Crippen molar-refractivity contribution in [3.8, 4) is 22.3 Å². The Hall–Kier alpha value is -7.02. The molecule has 0 radical (unpaired) electrons. The Bertz CT molecular complexity index is 4060. The van der Waals surface area contributed by atoms with Gasteiger partial charge in [0.1, 0.15) is 16.8 Å². The standard InChI is InChI=1S/C66H59BN2O2S/c1-63(2,3)40-21-25-42(26-22-40)68-59-50-32-39(38-16-12-11-13-17-38)20-29-55(50)71-62(59)67-58-48(34-49-44-18-14-15-19-54(44)70-61(49)60(58)68)45-33-46-47-35-51-52(66(9,10)31-30-65(51,7)8)36-56(47)72-57(46)37-53(45)69(67)43-27-23-41(24-28-43)64(4,5)6/h11-29,32-37H,30-31H2,1-10H3. The lowest BCUT2D eigenvalue weighted by Gasteiger charge is -2.43. The van der Waals surface area contributed by atoms with Gasteiger partial charge in [-0.2, -0.15) is 0 Å². The van der Waals surface area contributed by atoms with Crippen molar-refractivity contribution in [2.24, 2.45) is 0 Å². The van der Waals surface area contributed by atoms with E-state index in [0.717, 1.165) is 66.9 Å². The largest absolute Gasteiger partial charge is 0.466 e. The van der Waals surface area contributed by atoms with Gasteiger partial charge in [0, 0.05) is 59.0 Å². The number of hydrogen-bond acceptors (Lipinski definition) is 5. The number of para-hydroxylation sites is 1. The van der Waals surface area contributed by atoms with E-state index < -0.39 is 0 Å². The number of furan rings is 2. The lowest BCUT2D eigenvalue weighted by atomic mass is 9.45. The van der Waals surface area contributed by atoms with Crippen LogP contribution in [0, 0.1) is 0 Å². The zero-order valence-electron chi connectivity index (χ0n) is 43.0. The second kappa shape index (κ2) is 14.8. The molecule has 0 spiro atoms. The highest BCUT2D eigenvalue weighted by Gasteiger charge is 2.50. The normalized spacial score (nSPS) is 15.9. The highest BCUT2D eigenvalue weighted by atomic mass is 32.1. The van der Waals surface area contributed by atoms with Crippen LogP contribution in [0.4, 0.5) is 28.4 Å². The van der Waals surface area contributed by atoms with Gasteiger partial charge in [-0.05, 0) is 152 Å².